The maximum atomic E-state index is 6.10. The Morgan fingerprint density at radius 3 is 2.79 bits per heavy atom. The normalized spacial score (nSPS) is 21.4. The second-order valence-corrected chi connectivity index (χ2v) is 5.85. The fourth-order valence-electron chi connectivity index (χ4n) is 2.30. The Morgan fingerprint density at radius 2 is 2.11 bits per heavy atom. The van der Waals surface area contributed by atoms with Gasteiger partial charge in [-0.15, -0.1) is 0 Å². The maximum absolute atomic E-state index is 6.10. The summed E-state index contributed by atoms with van der Waals surface area (Å²) in [5.74, 6) is 3.53. The number of anilines is 1. The van der Waals surface area contributed by atoms with Gasteiger partial charge < -0.3 is 9.73 Å². The van der Waals surface area contributed by atoms with Crippen molar-refractivity contribution in [2.45, 2.75) is 32.7 Å². The van der Waals surface area contributed by atoms with Crippen LogP contribution < -0.4 is 5.32 Å². The molecule has 0 saturated heterocycles. The lowest BCUT2D eigenvalue weighted by molar-refractivity contribution is 0.468. The number of halogens is 1. The highest BCUT2D eigenvalue weighted by atomic mass is 35.5. The van der Waals surface area contributed by atoms with Crippen LogP contribution in [-0.4, -0.2) is 0 Å². The Kier molecular flexibility index (Phi) is 3.28. The van der Waals surface area contributed by atoms with Gasteiger partial charge in [0, 0.05) is 16.6 Å². The van der Waals surface area contributed by atoms with Gasteiger partial charge in [0.25, 0.3) is 0 Å². The van der Waals surface area contributed by atoms with E-state index in [-0.39, 0.29) is 0 Å². The van der Waals surface area contributed by atoms with E-state index in [0.29, 0.717) is 12.5 Å². The maximum Gasteiger partial charge on any atom is 0.123 e. The van der Waals surface area contributed by atoms with Crippen LogP contribution in [0.2, 0.25) is 5.02 Å². The minimum absolute atomic E-state index is 0.641. The fourth-order valence-corrected chi connectivity index (χ4v) is 2.48. The summed E-state index contributed by atoms with van der Waals surface area (Å²) in [4.78, 5) is 0. The monoisotopic (exact) mass is 275 g/mol. The Bertz CT molecular complexity index is 590. The Labute approximate surface area is 118 Å². The first kappa shape index (κ1) is 12.6. The van der Waals surface area contributed by atoms with Gasteiger partial charge in [0.15, 0.2) is 0 Å². The number of nitrogens with one attached hydrogen (secondary N) is 1. The topological polar surface area (TPSA) is 25.2 Å². The van der Waals surface area contributed by atoms with Gasteiger partial charge in [-0.1, -0.05) is 24.6 Å². The molecule has 2 atom stereocenters. The minimum atomic E-state index is 0.641. The van der Waals surface area contributed by atoms with E-state index in [9.17, 15) is 0 Å². The molecule has 0 radical (unpaired) electrons. The third-order valence-corrected chi connectivity index (χ3v) is 4.20. The van der Waals surface area contributed by atoms with E-state index in [2.05, 4.69) is 24.4 Å². The van der Waals surface area contributed by atoms with Crippen LogP contribution in [0.1, 0.15) is 36.3 Å². The summed E-state index contributed by atoms with van der Waals surface area (Å²) >= 11 is 6.10. The summed E-state index contributed by atoms with van der Waals surface area (Å²) in [5, 5.41) is 4.12. The lowest BCUT2D eigenvalue weighted by atomic mass is 10.2. The fraction of sp³-hybridized carbons (Fsp3) is 0.375. The molecule has 1 aromatic carbocycles. The quantitative estimate of drug-likeness (QED) is 0.851. The first-order valence-electron chi connectivity index (χ1n) is 6.72. The summed E-state index contributed by atoms with van der Waals surface area (Å²) in [6, 6.07) is 10.2. The molecule has 1 aromatic heterocycles. The molecule has 1 saturated carbocycles. The molecule has 1 heterocycles. The number of hydrogen-bond acceptors (Lipinski definition) is 2. The molecule has 19 heavy (non-hydrogen) atoms. The molecular formula is C16H18ClNO. The smallest absolute Gasteiger partial charge is 0.123 e. The molecule has 1 aliphatic rings. The van der Waals surface area contributed by atoms with Gasteiger partial charge >= 0.3 is 0 Å². The highest BCUT2D eigenvalue weighted by Gasteiger charge is 2.36. The number of furan rings is 1. The lowest BCUT2D eigenvalue weighted by Gasteiger charge is -2.06. The molecule has 100 valence electrons. The van der Waals surface area contributed by atoms with Gasteiger partial charge in [0.1, 0.15) is 11.5 Å². The summed E-state index contributed by atoms with van der Waals surface area (Å²) in [7, 11) is 0. The molecule has 0 aliphatic heterocycles. The summed E-state index contributed by atoms with van der Waals surface area (Å²) in [6.07, 6.45) is 1.26. The molecule has 0 amide bonds. The molecule has 3 heteroatoms. The Hall–Kier alpha value is -1.41. The van der Waals surface area contributed by atoms with Crippen molar-refractivity contribution in [3.8, 4) is 0 Å². The summed E-state index contributed by atoms with van der Waals surface area (Å²) in [5.41, 5.74) is 2.11. The molecule has 1 N–H and O–H groups in total. The van der Waals surface area contributed by atoms with E-state index < -0.39 is 0 Å². The van der Waals surface area contributed by atoms with E-state index in [4.69, 9.17) is 16.0 Å². The minimum Gasteiger partial charge on any atom is -0.464 e. The van der Waals surface area contributed by atoms with Crippen molar-refractivity contribution in [2.75, 3.05) is 5.32 Å². The average molecular weight is 276 g/mol. The van der Waals surface area contributed by atoms with Crippen LogP contribution >= 0.6 is 11.6 Å². The molecular weight excluding hydrogens is 258 g/mol. The number of hydrogen-bond donors (Lipinski definition) is 1. The molecule has 3 rings (SSSR count). The summed E-state index contributed by atoms with van der Waals surface area (Å²) in [6.45, 7) is 4.96. The molecule has 0 bridgehead atoms. The molecule has 0 spiro atoms. The van der Waals surface area contributed by atoms with Crippen LogP contribution in [-0.2, 0) is 6.54 Å². The highest BCUT2D eigenvalue weighted by Crippen LogP contribution is 2.47. The third kappa shape index (κ3) is 2.79. The zero-order chi connectivity index (χ0) is 13.4. The largest absolute Gasteiger partial charge is 0.464 e. The SMILES string of the molecule is Cc1ccc(NCc2ccc(C3CC3C)o2)cc1Cl. The predicted octanol–water partition coefficient (Wildman–Crippen LogP) is 4.98. The van der Waals surface area contributed by atoms with Gasteiger partial charge in [-0.25, -0.2) is 0 Å². The average Bonchev–Trinajstić information content (AvgIpc) is 2.94. The van der Waals surface area contributed by atoms with E-state index in [1.165, 1.54) is 6.42 Å². The molecule has 2 aromatic rings. The standard InChI is InChI=1S/C16H18ClNO/c1-10-3-4-12(8-15(10)17)18-9-13-5-6-16(19-13)14-7-11(14)2/h3-6,8,11,14,18H,7,9H2,1-2H3. The zero-order valence-corrected chi connectivity index (χ0v) is 12.0. The van der Waals surface area contributed by atoms with E-state index in [1.54, 1.807) is 0 Å². The number of aryl methyl sites for hydroxylation is 1. The van der Waals surface area contributed by atoms with Gasteiger partial charge in [0.2, 0.25) is 0 Å². The molecule has 1 fully saturated rings. The first-order valence-corrected chi connectivity index (χ1v) is 7.10. The summed E-state index contributed by atoms with van der Waals surface area (Å²) < 4.78 is 5.86. The molecule has 2 nitrogen and oxygen atoms in total. The van der Waals surface area contributed by atoms with Crippen molar-refractivity contribution < 1.29 is 4.42 Å². The van der Waals surface area contributed by atoms with Crippen molar-refractivity contribution >= 4 is 17.3 Å². The zero-order valence-electron chi connectivity index (χ0n) is 11.2. The van der Waals surface area contributed by atoms with Crippen LogP contribution in [0.15, 0.2) is 34.7 Å². The van der Waals surface area contributed by atoms with Crippen molar-refractivity contribution in [3.63, 3.8) is 0 Å². The van der Waals surface area contributed by atoms with Crippen molar-refractivity contribution in [3.05, 3.63) is 52.4 Å². The number of rotatable bonds is 4. The Balaban J connectivity index is 1.62. The third-order valence-electron chi connectivity index (χ3n) is 3.80. The highest BCUT2D eigenvalue weighted by molar-refractivity contribution is 6.31. The predicted molar refractivity (Wildman–Crippen MR) is 78.7 cm³/mol. The van der Waals surface area contributed by atoms with Crippen molar-refractivity contribution in [2.24, 2.45) is 5.92 Å². The van der Waals surface area contributed by atoms with Crippen LogP contribution in [0.5, 0.6) is 0 Å². The van der Waals surface area contributed by atoms with Crippen LogP contribution in [0.3, 0.4) is 0 Å². The molecule has 1 aliphatic carbocycles. The van der Waals surface area contributed by atoms with Crippen molar-refractivity contribution in [1.82, 2.24) is 0 Å². The van der Waals surface area contributed by atoms with E-state index in [0.717, 1.165) is 33.7 Å². The van der Waals surface area contributed by atoms with Gasteiger partial charge in [0.05, 0.1) is 6.54 Å². The second kappa shape index (κ2) is 4.93. The van der Waals surface area contributed by atoms with Gasteiger partial charge in [-0.2, -0.15) is 0 Å². The van der Waals surface area contributed by atoms with Crippen LogP contribution in [0.4, 0.5) is 5.69 Å². The van der Waals surface area contributed by atoms with Gasteiger partial charge in [-0.3, -0.25) is 0 Å². The van der Waals surface area contributed by atoms with Crippen molar-refractivity contribution in [1.29, 1.82) is 0 Å². The van der Waals surface area contributed by atoms with Crippen LogP contribution in [0, 0.1) is 12.8 Å². The Morgan fingerprint density at radius 1 is 1.32 bits per heavy atom. The lowest BCUT2D eigenvalue weighted by Crippen LogP contribution is -1.98. The van der Waals surface area contributed by atoms with Crippen LogP contribution in [0.25, 0.3) is 0 Å². The molecule has 2 unspecified atom stereocenters. The second-order valence-electron chi connectivity index (χ2n) is 5.44. The van der Waals surface area contributed by atoms with Gasteiger partial charge in [-0.05, 0) is 49.1 Å². The van der Waals surface area contributed by atoms with E-state index in [1.807, 2.05) is 25.1 Å². The first-order chi connectivity index (χ1) is 9.13. The van der Waals surface area contributed by atoms with E-state index >= 15 is 0 Å². The number of benzene rings is 1.